The molecule has 3 aliphatic rings. The van der Waals surface area contributed by atoms with Crippen LogP contribution in [-0.4, -0.2) is 66.6 Å². The summed E-state index contributed by atoms with van der Waals surface area (Å²) >= 11 is 1.55. The fourth-order valence-corrected chi connectivity index (χ4v) is 4.70. The van der Waals surface area contributed by atoms with Crippen molar-refractivity contribution in [1.82, 2.24) is 10.2 Å². The van der Waals surface area contributed by atoms with Gasteiger partial charge in [0.1, 0.15) is 11.3 Å². The zero-order valence-electron chi connectivity index (χ0n) is 13.4. The quantitative estimate of drug-likeness (QED) is 0.543. The van der Waals surface area contributed by atoms with E-state index in [2.05, 4.69) is 10.2 Å². The lowest BCUT2D eigenvalue weighted by atomic mass is 9.77. The van der Waals surface area contributed by atoms with Crippen LogP contribution in [0.3, 0.4) is 0 Å². The first-order valence-corrected chi connectivity index (χ1v) is 9.44. The fraction of sp³-hybridized carbons (Fsp3) is 0.562. The zero-order chi connectivity index (χ0) is 16.7. The minimum atomic E-state index is -0.983. The Hall–Kier alpha value is -1.22. The van der Waals surface area contributed by atoms with Crippen molar-refractivity contribution in [2.24, 2.45) is 0 Å². The molecule has 6 nitrogen and oxygen atoms in total. The molecule has 1 aromatic rings. The molecule has 2 atom stereocenters. The Bertz CT molecular complexity index is 653. The minimum Gasteiger partial charge on any atom is -0.535 e. The van der Waals surface area contributed by atoms with E-state index in [0.717, 1.165) is 55.4 Å². The van der Waals surface area contributed by atoms with Gasteiger partial charge in [-0.25, -0.2) is 4.79 Å². The molecule has 1 saturated carbocycles. The van der Waals surface area contributed by atoms with Crippen LogP contribution >= 0.6 is 11.8 Å². The van der Waals surface area contributed by atoms with Crippen molar-refractivity contribution >= 4 is 24.8 Å². The number of benzene rings is 1. The van der Waals surface area contributed by atoms with Gasteiger partial charge in [0.15, 0.2) is 0 Å². The number of hydrogen-bond donors (Lipinski definition) is 3. The van der Waals surface area contributed by atoms with Crippen molar-refractivity contribution in [2.45, 2.75) is 23.1 Å². The number of thioether (sulfide) groups is 1. The monoisotopic (exact) mass is 348 g/mol. The highest BCUT2D eigenvalue weighted by molar-refractivity contribution is 7.99. The van der Waals surface area contributed by atoms with Crippen LogP contribution in [0.5, 0.6) is 5.75 Å². The minimum absolute atomic E-state index is 0.130. The third-order valence-electron chi connectivity index (χ3n) is 5.08. The Morgan fingerprint density at radius 2 is 2.21 bits per heavy atom. The van der Waals surface area contributed by atoms with E-state index >= 15 is 0 Å². The average molecular weight is 348 g/mol. The molecule has 128 valence electrons. The van der Waals surface area contributed by atoms with Gasteiger partial charge >= 0.3 is 13.1 Å². The summed E-state index contributed by atoms with van der Waals surface area (Å²) in [6, 6.07) is 3.88. The summed E-state index contributed by atoms with van der Waals surface area (Å²) in [5.41, 5.74) is 1.15. The Morgan fingerprint density at radius 3 is 2.96 bits per heavy atom. The van der Waals surface area contributed by atoms with Gasteiger partial charge in [0.2, 0.25) is 0 Å². The Morgan fingerprint density at radius 1 is 1.42 bits per heavy atom. The molecule has 0 radical (unpaired) electrons. The van der Waals surface area contributed by atoms with Crippen LogP contribution in [0.4, 0.5) is 0 Å². The molecule has 0 amide bonds. The Labute approximate surface area is 145 Å². The topological polar surface area (TPSA) is 82.0 Å². The summed E-state index contributed by atoms with van der Waals surface area (Å²) in [4.78, 5) is 14.9. The largest absolute Gasteiger partial charge is 0.535 e. The highest BCUT2D eigenvalue weighted by atomic mass is 32.2. The first kappa shape index (κ1) is 16.3. The van der Waals surface area contributed by atoms with Crippen LogP contribution < -0.4 is 9.97 Å². The second-order valence-corrected chi connectivity index (χ2v) is 7.75. The molecule has 0 aromatic heterocycles. The molecule has 8 heteroatoms. The number of carboxylic acid groups (broad SMARTS) is 1. The molecule has 0 spiro atoms. The highest BCUT2D eigenvalue weighted by Crippen LogP contribution is 2.60. The summed E-state index contributed by atoms with van der Waals surface area (Å²) in [5.74, 6) is 0.615. The lowest BCUT2D eigenvalue weighted by Crippen LogP contribution is -2.44. The van der Waals surface area contributed by atoms with Gasteiger partial charge in [-0.2, -0.15) is 0 Å². The number of carbonyl (C=O) groups is 1. The molecule has 2 fully saturated rings. The average Bonchev–Trinajstić information content (AvgIpc) is 3.37. The van der Waals surface area contributed by atoms with E-state index in [-0.39, 0.29) is 17.3 Å². The van der Waals surface area contributed by atoms with Gasteiger partial charge in [-0.3, -0.25) is 4.90 Å². The second kappa shape index (κ2) is 6.59. The summed E-state index contributed by atoms with van der Waals surface area (Å²) in [7, 11) is -0.873. The summed E-state index contributed by atoms with van der Waals surface area (Å²) in [6.07, 6.45) is 0.878. The Kier molecular flexibility index (Phi) is 4.47. The lowest BCUT2D eigenvalue weighted by Gasteiger charge is -2.27. The lowest BCUT2D eigenvalue weighted by molar-refractivity contribution is 0.0690. The van der Waals surface area contributed by atoms with Crippen molar-refractivity contribution in [3.63, 3.8) is 0 Å². The van der Waals surface area contributed by atoms with Crippen LogP contribution in [0.1, 0.15) is 28.3 Å². The van der Waals surface area contributed by atoms with E-state index in [0.29, 0.717) is 5.75 Å². The second-order valence-electron chi connectivity index (χ2n) is 6.62. The van der Waals surface area contributed by atoms with Gasteiger partial charge in [-0.05, 0) is 24.0 Å². The number of rotatable bonds is 5. The van der Waals surface area contributed by atoms with Crippen LogP contribution in [0, 0.1) is 0 Å². The molecule has 0 bridgehead atoms. The molecule has 24 heavy (non-hydrogen) atoms. The molecular formula is C16H21BN2O4S. The van der Waals surface area contributed by atoms with Crippen molar-refractivity contribution < 1.29 is 19.6 Å². The Balaban J connectivity index is 1.50. The zero-order valence-corrected chi connectivity index (χ0v) is 14.2. The van der Waals surface area contributed by atoms with Crippen molar-refractivity contribution in [3.05, 3.63) is 23.3 Å². The van der Waals surface area contributed by atoms with Gasteiger partial charge in [0.05, 0.1) is 0 Å². The van der Waals surface area contributed by atoms with Gasteiger partial charge in [0, 0.05) is 49.2 Å². The number of aromatic carboxylic acids is 1. The van der Waals surface area contributed by atoms with Gasteiger partial charge in [0.25, 0.3) is 0 Å². The van der Waals surface area contributed by atoms with Crippen LogP contribution in [0.15, 0.2) is 17.0 Å². The molecule has 1 aromatic carbocycles. The maximum absolute atomic E-state index is 11.8. The fourth-order valence-electron chi connectivity index (χ4n) is 3.64. The van der Waals surface area contributed by atoms with Crippen LogP contribution in [0.2, 0.25) is 5.82 Å². The van der Waals surface area contributed by atoms with E-state index in [4.69, 9.17) is 4.65 Å². The van der Waals surface area contributed by atoms with Crippen molar-refractivity contribution in [3.8, 4) is 5.75 Å². The molecule has 3 N–H and O–H groups in total. The summed E-state index contributed by atoms with van der Waals surface area (Å²) < 4.78 is 5.56. The number of fused-ring (bicyclic) bond motifs is 3. The van der Waals surface area contributed by atoms with E-state index in [1.165, 1.54) is 0 Å². The highest BCUT2D eigenvalue weighted by Gasteiger charge is 2.54. The number of nitrogens with one attached hydrogen (secondary N) is 1. The molecule has 2 heterocycles. The van der Waals surface area contributed by atoms with Crippen molar-refractivity contribution in [1.29, 1.82) is 0 Å². The van der Waals surface area contributed by atoms with Crippen LogP contribution in [0.25, 0.3) is 0 Å². The van der Waals surface area contributed by atoms with E-state index < -0.39 is 13.1 Å². The van der Waals surface area contributed by atoms with Gasteiger partial charge < -0.3 is 20.1 Å². The van der Waals surface area contributed by atoms with E-state index in [1.54, 1.807) is 11.8 Å². The van der Waals surface area contributed by atoms with Gasteiger partial charge in [-0.1, -0.05) is 6.07 Å². The standard InChI is InChI=1S/C16H21BN2O4S/c20-16(21)14-13(24-8-7-19-5-3-18-4-6-19)2-1-10-11-9-12(11)17(22)23-15(10)14/h1-2,11-12,18,22H,3-9H2,(H,20,21)/t11-,12-/m1/s1. The molecule has 1 aliphatic carbocycles. The van der Waals surface area contributed by atoms with E-state index in [1.807, 2.05) is 12.1 Å². The van der Waals surface area contributed by atoms with E-state index in [9.17, 15) is 14.9 Å². The van der Waals surface area contributed by atoms with Crippen LogP contribution in [-0.2, 0) is 0 Å². The predicted molar refractivity (Wildman–Crippen MR) is 93.1 cm³/mol. The maximum Gasteiger partial charge on any atom is 0.526 e. The summed E-state index contributed by atoms with van der Waals surface area (Å²) in [6.45, 7) is 5.04. The third kappa shape index (κ3) is 3.03. The summed E-state index contributed by atoms with van der Waals surface area (Å²) in [5, 5.41) is 23.0. The molecule has 1 saturated heterocycles. The number of hydrogen-bond acceptors (Lipinski definition) is 6. The molecule has 0 unspecified atom stereocenters. The third-order valence-corrected chi connectivity index (χ3v) is 6.12. The first-order chi connectivity index (χ1) is 11.6. The van der Waals surface area contributed by atoms with Crippen molar-refractivity contribution in [2.75, 3.05) is 38.5 Å². The number of nitrogens with zero attached hydrogens (tertiary/aromatic N) is 1. The molecule has 4 rings (SSSR count). The number of piperazine rings is 1. The normalized spacial score (nSPS) is 25.6. The van der Waals surface area contributed by atoms with Gasteiger partial charge in [-0.15, -0.1) is 11.8 Å². The smallest absolute Gasteiger partial charge is 0.526 e. The predicted octanol–water partition coefficient (Wildman–Crippen LogP) is 1.11. The molecular weight excluding hydrogens is 327 g/mol. The number of carboxylic acids is 1. The molecule has 2 aliphatic heterocycles. The maximum atomic E-state index is 11.8. The first-order valence-electron chi connectivity index (χ1n) is 8.46. The SMILES string of the molecule is O=C(O)c1c(SCCN2CCNCC2)ccc2c1OB(O)[C@@H]1C[C@H]21.